The molecule has 3 aromatic rings. The number of carbonyl (C=O) groups excluding carboxylic acids is 1. The second kappa shape index (κ2) is 7.23. The highest BCUT2D eigenvalue weighted by Crippen LogP contribution is 2.36. The Morgan fingerprint density at radius 2 is 1.89 bits per heavy atom. The van der Waals surface area contributed by atoms with Gasteiger partial charge in [0.05, 0.1) is 5.56 Å². The largest absolute Gasteiger partial charge is 0.348 e. The molecule has 27 heavy (non-hydrogen) atoms. The third kappa shape index (κ3) is 3.56. The highest BCUT2D eigenvalue weighted by Gasteiger charge is 2.27. The van der Waals surface area contributed by atoms with Crippen molar-refractivity contribution in [1.29, 1.82) is 0 Å². The minimum absolute atomic E-state index is 0.107. The van der Waals surface area contributed by atoms with Crippen molar-refractivity contribution < 1.29 is 4.79 Å². The van der Waals surface area contributed by atoms with E-state index in [1.165, 1.54) is 16.8 Å². The molecule has 0 radical (unpaired) electrons. The number of anilines is 2. The summed E-state index contributed by atoms with van der Waals surface area (Å²) in [5.41, 5.74) is 5.41. The SMILES string of the molecule is Cc1ccc(CNC(=O)c2ccc(N3c4ccccc4CC3C)nc2)cc1. The Morgan fingerprint density at radius 1 is 1.11 bits per heavy atom. The van der Waals surface area contributed by atoms with Crippen LogP contribution < -0.4 is 10.2 Å². The average molecular weight is 357 g/mol. The van der Waals surface area contributed by atoms with Gasteiger partial charge in [-0.05, 0) is 49.6 Å². The molecular weight excluding hydrogens is 334 g/mol. The molecule has 0 aliphatic carbocycles. The molecule has 1 amide bonds. The number of pyridine rings is 1. The van der Waals surface area contributed by atoms with Crippen LogP contribution in [0.2, 0.25) is 0 Å². The molecule has 1 aromatic heterocycles. The lowest BCUT2D eigenvalue weighted by Gasteiger charge is -2.23. The van der Waals surface area contributed by atoms with E-state index in [1.807, 2.05) is 36.4 Å². The van der Waals surface area contributed by atoms with Crippen LogP contribution in [0.3, 0.4) is 0 Å². The molecule has 2 aromatic carbocycles. The maximum Gasteiger partial charge on any atom is 0.253 e. The van der Waals surface area contributed by atoms with Crippen molar-refractivity contribution in [2.24, 2.45) is 0 Å². The molecule has 0 fully saturated rings. The number of hydrogen-bond acceptors (Lipinski definition) is 3. The molecule has 4 nitrogen and oxygen atoms in total. The number of hydrogen-bond donors (Lipinski definition) is 1. The number of amides is 1. The maximum absolute atomic E-state index is 12.4. The van der Waals surface area contributed by atoms with Crippen molar-refractivity contribution in [1.82, 2.24) is 10.3 Å². The molecule has 0 saturated carbocycles. The minimum atomic E-state index is -0.107. The third-order valence-corrected chi connectivity index (χ3v) is 5.04. The molecule has 2 heterocycles. The van der Waals surface area contributed by atoms with E-state index >= 15 is 0 Å². The van der Waals surface area contributed by atoms with Gasteiger partial charge in [-0.1, -0.05) is 48.0 Å². The number of nitrogens with zero attached hydrogens (tertiary/aromatic N) is 2. The Bertz CT molecular complexity index is 948. The Kier molecular flexibility index (Phi) is 4.63. The lowest BCUT2D eigenvalue weighted by Crippen LogP contribution is -2.26. The summed E-state index contributed by atoms with van der Waals surface area (Å²) in [4.78, 5) is 19.2. The number of aryl methyl sites for hydroxylation is 1. The van der Waals surface area contributed by atoms with Crippen LogP contribution in [0.25, 0.3) is 0 Å². The van der Waals surface area contributed by atoms with Gasteiger partial charge in [-0.3, -0.25) is 4.79 Å². The van der Waals surface area contributed by atoms with Gasteiger partial charge >= 0.3 is 0 Å². The average Bonchev–Trinajstić information content (AvgIpc) is 3.03. The second-order valence-corrected chi connectivity index (χ2v) is 7.13. The summed E-state index contributed by atoms with van der Waals surface area (Å²) < 4.78 is 0. The first-order chi connectivity index (χ1) is 13.1. The zero-order valence-electron chi connectivity index (χ0n) is 15.6. The fourth-order valence-electron chi connectivity index (χ4n) is 3.57. The first kappa shape index (κ1) is 17.3. The first-order valence-electron chi connectivity index (χ1n) is 9.29. The highest BCUT2D eigenvalue weighted by atomic mass is 16.1. The number of rotatable bonds is 4. The Hall–Kier alpha value is -3.14. The summed E-state index contributed by atoms with van der Waals surface area (Å²) in [7, 11) is 0. The molecule has 0 saturated heterocycles. The van der Waals surface area contributed by atoms with E-state index in [4.69, 9.17) is 0 Å². The molecular formula is C23H23N3O. The smallest absolute Gasteiger partial charge is 0.253 e. The van der Waals surface area contributed by atoms with E-state index < -0.39 is 0 Å². The van der Waals surface area contributed by atoms with Crippen molar-refractivity contribution in [3.63, 3.8) is 0 Å². The molecule has 136 valence electrons. The molecule has 1 aliphatic heterocycles. The van der Waals surface area contributed by atoms with Crippen LogP contribution in [-0.4, -0.2) is 16.9 Å². The molecule has 1 N–H and O–H groups in total. The molecule has 1 unspecified atom stereocenters. The van der Waals surface area contributed by atoms with E-state index in [0.29, 0.717) is 18.2 Å². The fraction of sp³-hybridized carbons (Fsp3) is 0.217. The highest BCUT2D eigenvalue weighted by molar-refractivity contribution is 5.94. The molecule has 0 bridgehead atoms. The quantitative estimate of drug-likeness (QED) is 0.753. The molecule has 1 aliphatic rings. The zero-order chi connectivity index (χ0) is 18.8. The van der Waals surface area contributed by atoms with Crippen molar-refractivity contribution in [2.45, 2.75) is 32.9 Å². The maximum atomic E-state index is 12.4. The van der Waals surface area contributed by atoms with Gasteiger partial charge in [0, 0.05) is 24.5 Å². The van der Waals surface area contributed by atoms with Gasteiger partial charge in [0.1, 0.15) is 5.82 Å². The van der Waals surface area contributed by atoms with Crippen molar-refractivity contribution in [3.05, 3.63) is 89.1 Å². The van der Waals surface area contributed by atoms with E-state index in [0.717, 1.165) is 17.8 Å². The summed E-state index contributed by atoms with van der Waals surface area (Å²) in [5, 5.41) is 2.96. The molecule has 0 spiro atoms. The van der Waals surface area contributed by atoms with Crippen molar-refractivity contribution in [2.75, 3.05) is 4.90 Å². The topological polar surface area (TPSA) is 45.2 Å². The first-order valence-corrected chi connectivity index (χ1v) is 9.29. The predicted octanol–water partition coefficient (Wildman–Crippen LogP) is 4.40. The normalized spacial score (nSPS) is 15.5. The number of nitrogens with one attached hydrogen (secondary N) is 1. The van der Waals surface area contributed by atoms with Crippen molar-refractivity contribution in [3.8, 4) is 0 Å². The van der Waals surface area contributed by atoms with Crippen LogP contribution in [0, 0.1) is 6.92 Å². The van der Waals surface area contributed by atoms with Gasteiger partial charge < -0.3 is 10.2 Å². The van der Waals surface area contributed by atoms with Gasteiger partial charge in [0.25, 0.3) is 5.91 Å². The van der Waals surface area contributed by atoms with Crippen LogP contribution in [0.15, 0.2) is 66.9 Å². The summed E-state index contributed by atoms with van der Waals surface area (Å²) >= 11 is 0. The summed E-state index contributed by atoms with van der Waals surface area (Å²) in [5.74, 6) is 0.770. The predicted molar refractivity (Wildman–Crippen MR) is 108 cm³/mol. The summed E-state index contributed by atoms with van der Waals surface area (Å²) in [6, 6.07) is 20.7. The lowest BCUT2D eigenvalue weighted by atomic mass is 10.1. The number of para-hydroxylation sites is 1. The lowest BCUT2D eigenvalue weighted by molar-refractivity contribution is 0.0950. The number of carbonyl (C=O) groups is 1. The summed E-state index contributed by atoms with van der Waals surface area (Å²) in [6.45, 7) is 4.76. The molecule has 1 atom stereocenters. The fourth-order valence-corrected chi connectivity index (χ4v) is 3.57. The standard InChI is InChI=1S/C23H23N3O/c1-16-7-9-18(10-8-16)14-25-23(27)20-11-12-22(24-15-20)26-17(2)13-19-5-3-4-6-21(19)26/h3-12,15,17H,13-14H2,1-2H3,(H,25,27). The van der Waals surface area contributed by atoms with E-state index in [9.17, 15) is 4.79 Å². The number of fused-ring (bicyclic) bond motifs is 1. The third-order valence-electron chi connectivity index (χ3n) is 5.04. The van der Waals surface area contributed by atoms with E-state index in [-0.39, 0.29) is 5.91 Å². The van der Waals surface area contributed by atoms with Crippen LogP contribution in [-0.2, 0) is 13.0 Å². The number of benzene rings is 2. The minimum Gasteiger partial charge on any atom is -0.348 e. The monoisotopic (exact) mass is 357 g/mol. The van der Waals surface area contributed by atoms with Crippen LogP contribution in [0.4, 0.5) is 11.5 Å². The Morgan fingerprint density at radius 3 is 2.63 bits per heavy atom. The van der Waals surface area contributed by atoms with Gasteiger partial charge in [-0.25, -0.2) is 4.98 Å². The second-order valence-electron chi connectivity index (χ2n) is 7.13. The van der Waals surface area contributed by atoms with E-state index in [1.54, 1.807) is 6.20 Å². The van der Waals surface area contributed by atoms with Crippen LogP contribution >= 0.6 is 0 Å². The molecule has 4 rings (SSSR count). The number of aromatic nitrogens is 1. The Balaban J connectivity index is 1.46. The van der Waals surface area contributed by atoms with Gasteiger partial charge in [0.15, 0.2) is 0 Å². The van der Waals surface area contributed by atoms with Gasteiger partial charge in [0.2, 0.25) is 0 Å². The zero-order valence-corrected chi connectivity index (χ0v) is 15.6. The van der Waals surface area contributed by atoms with E-state index in [2.05, 4.69) is 53.3 Å². The van der Waals surface area contributed by atoms with Crippen LogP contribution in [0.1, 0.15) is 34.0 Å². The van der Waals surface area contributed by atoms with Gasteiger partial charge in [-0.2, -0.15) is 0 Å². The van der Waals surface area contributed by atoms with Crippen LogP contribution in [0.5, 0.6) is 0 Å². The molecule has 4 heteroatoms. The van der Waals surface area contributed by atoms with Gasteiger partial charge in [-0.15, -0.1) is 0 Å². The Labute approximate surface area is 159 Å². The van der Waals surface area contributed by atoms with Crippen molar-refractivity contribution >= 4 is 17.4 Å². The summed E-state index contributed by atoms with van der Waals surface area (Å²) in [6.07, 6.45) is 2.67.